The third kappa shape index (κ3) is 5.88. The van der Waals surface area contributed by atoms with Crippen LogP contribution in [-0.4, -0.2) is 22.2 Å². The zero-order chi connectivity index (χ0) is 14.1. The first-order valence-corrected chi connectivity index (χ1v) is 5.42. The van der Waals surface area contributed by atoms with Gasteiger partial charge in [-0.2, -0.15) is 0 Å². The van der Waals surface area contributed by atoms with Crippen LogP contribution in [0, 0.1) is 0 Å². The van der Waals surface area contributed by atoms with Crippen molar-refractivity contribution in [2.75, 3.05) is 5.32 Å². The topological polar surface area (TPSA) is 86.6 Å². The van der Waals surface area contributed by atoms with E-state index in [0.29, 0.717) is 12.2 Å². The highest BCUT2D eigenvalue weighted by Crippen LogP contribution is 2.18. The van der Waals surface area contributed by atoms with E-state index in [2.05, 4.69) is 23.5 Å². The third-order valence-electron chi connectivity index (χ3n) is 2.05. The van der Waals surface area contributed by atoms with Crippen LogP contribution in [0.15, 0.2) is 54.8 Å². The highest BCUT2D eigenvalue weighted by Gasteiger charge is 1.95. The zero-order valence-corrected chi connectivity index (χ0v) is 9.98. The Labute approximate surface area is 110 Å². The fourth-order valence-corrected chi connectivity index (χ4v) is 1.27. The molecule has 0 bridgehead atoms. The Bertz CT molecular complexity index is 528. The fraction of sp³-hybridized carbons (Fsp3) is 0. The van der Waals surface area contributed by atoms with Gasteiger partial charge in [0.25, 0.3) is 0 Å². The maximum atomic E-state index is 9.55. The number of fused-ring (bicyclic) bond motifs is 1. The molecule has 1 aliphatic heterocycles. The molecule has 0 fully saturated rings. The maximum absolute atomic E-state index is 9.55. The molecule has 0 atom stereocenters. The summed E-state index contributed by atoms with van der Waals surface area (Å²) in [5, 5.41) is 18.8. The van der Waals surface area contributed by atoms with Crippen molar-refractivity contribution in [3.05, 3.63) is 60.3 Å². The van der Waals surface area contributed by atoms with E-state index in [1.165, 1.54) is 5.56 Å². The van der Waals surface area contributed by atoms with Gasteiger partial charge in [0.05, 0.1) is 0 Å². The molecule has 3 N–H and O–H groups in total. The zero-order valence-electron chi connectivity index (χ0n) is 9.98. The number of para-hydroxylation sites is 1. The fourth-order valence-electron chi connectivity index (χ4n) is 1.27. The highest BCUT2D eigenvalue weighted by molar-refractivity contribution is 5.89. The summed E-state index contributed by atoms with van der Waals surface area (Å²) < 4.78 is 0. The van der Waals surface area contributed by atoms with E-state index in [-0.39, 0.29) is 0 Å². The van der Waals surface area contributed by atoms with Crippen molar-refractivity contribution < 1.29 is 19.8 Å². The largest absolute Gasteiger partial charge is 0.478 e. The van der Waals surface area contributed by atoms with E-state index in [1.807, 2.05) is 30.5 Å². The van der Waals surface area contributed by atoms with Gasteiger partial charge in [0.1, 0.15) is 0 Å². The van der Waals surface area contributed by atoms with Gasteiger partial charge in [0.15, 0.2) is 0 Å². The number of carboxylic acid groups (broad SMARTS) is 2. The number of benzene rings is 1. The van der Waals surface area contributed by atoms with Gasteiger partial charge < -0.3 is 15.5 Å². The van der Waals surface area contributed by atoms with Gasteiger partial charge in [-0.1, -0.05) is 30.4 Å². The lowest BCUT2D eigenvalue weighted by Crippen LogP contribution is -1.91. The van der Waals surface area contributed by atoms with Gasteiger partial charge in [-0.05, 0) is 17.7 Å². The lowest BCUT2D eigenvalue weighted by Gasteiger charge is -2.01. The molecule has 0 radical (unpaired) electrons. The molecule has 1 aromatic rings. The number of carbonyl (C=O) groups is 2. The number of hydrogen-bond acceptors (Lipinski definition) is 3. The van der Waals surface area contributed by atoms with Gasteiger partial charge in [-0.15, -0.1) is 0 Å². The van der Waals surface area contributed by atoms with Crippen LogP contribution in [0.2, 0.25) is 0 Å². The molecule has 5 heteroatoms. The van der Waals surface area contributed by atoms with Crippen molar-refractivity contribution in [1.82, 2.24) is 0 Å². The van der Waals surface area contributed by atoms with Crippen LogP contribution in [0.25, 0.3) is 6.08 Å². The Morgan fingerprint density at radius 3 is 2.26 bits per heavy atom. The quantitative estimate of drug-likeness (QED) is 0.710. The van der Waals surface area contributed by atoms with Crippen LogP contribution >= 0.6 is 0 Å². The van der Waals surface area contributed by atoms with E-state index in [9.17, 15) is 9.59 Å². The summed E-state index contributed by atoms with van der Waals surface area (Å²) in [6.45, 7) is 0. The number of hydrogen-bond donors (Lipinski definition) is 3. The minimum atomic E-state index is -1.26. The predicted molar refractivity (Wildman–Crippen MR) is 72.7 cm³/mol. The number of anilines is 1. The highest BCUT2D eigenvalue weighted by atomic mass is 16.4. The van der Waals surface area contributed by atoms with Crippen molar-refractivity contribution in [2.45, 2.75) is 0 Å². The standard InChI is InChI=1S/C10H9N.C4H4O4/c1-2-7-10-9(5-1)6-3-4-8-11-10;5-3(6)1-2-4(7)8/h1-8,11H;1-2H,(H,5,6)(H,7,8). The minimum absolute atomic E-state index is 0.558. The number of rotatable bonds is 2. The smallest absolute Gasteiger partial charge is 0.328 e. The van der Waals surface area contributed by atoms with Crippen molar-refractivity contribution >= 4 is 23.7 Å². The Hall–Kier alpha value is -2.82. The third-order valence-corrected chi connectivity index (χ3v) is 2.05. The lowest BCUT2D eigenvalue weighted by molar-refractivity contribution is -0.134. The average molecular weight is 259 g/mol. The van der Waals surface area contributed by atoms with Gasteiger partial charge in [-0.3, -0.25) is 0 Å². The molecule has 0 aliphatic carbocycles. The van der Waals surface area contributed by atoms with Crippen molar-refractivity contribution in [3.63, 3.8) is 0 Å². The van der Waals surface area contributed by atoms with E-state index >= 15 is 0 Å². The van der Waals surface area contributed by atoms with Crippen LogP contribution in [0.4, 0.5) is 5.69 Å². The summed E-state index contributed by atoms with van der Waals surface area (Å²) in [6.07, 6.45) is 9.15. The molecule has 0 saturated carbocycles. The first-order valence-electron chi connectivity index (χ1n) is 5.42. The average Bonchev–Trinajstić information content (AvgIpc) is 2.62. The van der Waals surface area contributed by atoms with Crippen molar-refractivity contribution in [2.24, 2.45) is 0 Å². The van der Waals surface area contributed by atoms with Crippen LogP contribution in [0.1, 0.15) is 5.56 Å². The molecular weight excluding hydrogens is 246 g/mol. The molecule has 1 aromatic carbocycles. The molecule has 1 heterocycles. The normalized spacial score (nSPS) is 11.8. The van der Waals surface area contributed by atoms with Crippen LogP contribution in [0.3, 0.4) is 0 Å². The second kappa shape index (κ2) is 7.50. The van der Waals surface area contributed by atoms with Gasteiger partial charge in [0, 0.05) is 24.0 Å². The first kappa shape index (κ1) is 14.2. The summed E-state index contributed by atoms with van der Waals surface area (Å²) in [5.41, 5.74) is 2.40. The van der Waals surface area contributed by atoms with E-state index in [1.54, 1.807) is 0 Å². The number of nitrogens with one attached hydrogen (secondary N) is 1. The molecule has 0 amide bonds. The van der Waals surface area contributed by atoms with Gasteiger partial charge in [0.2, 0.25) is 0 Å². The van der Waals surface area contributed by atoms with E-state index < -0.39 is 11.9 Å². The summed E-state index contributed by atoms with van der Waals surface area (Å²) in [6, 6.07) is 8.22. The molecule has 0 aromatic heterocycles. The Kier molecular flexibility index (Phi) is 5.62. The molecule has 0 saturated heterocycles. The Morgan fingerprint density at radius 1 is 1.00 bits per heavy atom. The molecular formula is C14H13NO4. The van der Waals surface area contributed by atoms with Gasteiger partial charge >= 0.3 is 11.9 Å². The minimum Gasteiger partial charge on any atom is -0.478 e. The molecule has 19 heavy (non-hydrogen) atoms. The monoisotopic (exact) mass is 259 g/mol. The van der Waals surface area contributed by atoms with Crippen LogP contribution < -0.4 is 5.32 Å². The summed E-state index contributed by atoms with van der Waals surface area (Å²) in [7, 11) is 0. The molecule has 1 aliphatic rings. The number of aliphatic carboxylic acids is 2. The SMILES string of the molecule is C1=CNc2ccccc2C=C1.O=C(O)C=CC(=O)O. The van der Waals surface area contributed by atoms with E-state index in [0.717, 1.165) is 5.69 Å². The van der Waals surface area contributed by atoms with Crippen LogP contribution in [-0.2, 0) is 9.59 Å². The second-order valence-electron chi connectivity index (χ2n) is 3.46. The summed E-state index contributed by atoms with van der Waals surface area (Å²) in [4.78, 5) is 19.1. The van der Waals surface area contributed by atoms with Crippen molar-refractivity contribution in [3.8, 4) is 0 Å². The van der Waals surface area contributed by atoms with Gasteiger partial charge in [-0.25, -0.2) is 9.59 Å². The molecule has 2 rings (SSSR count). The number of carboxylic acids is 2. The van der Waals surface area contributed by atoms with Crippen LogP contribution in [0.5, 0.6) is 0 Å². The first-order chi connectivity index (χ1) is 9.09. The molecule has 5 nitrogen and oxygen atoms in total. The predicted octanol–water partition coefficient (Wildman–Crippen LogP) is 2.35. The Morgan fingerprint density at radius 2 is 1.63 bits per heavy atom. The molecule has 98 valence electrons. The van der Waals surface area contributed by atoms with E-state index in [4.69, 9.17) is 10.2 Å². The maximum Gasteiger partial charge on any atom is 0.328 e. The lowest BCUT2D eigenvalue weighted by atomic mass is 10.2. The summed E-state index contributed by atoms with van der Waals surface area (Å²) >= 11 is 0. The molecule has 0 unspecified atom stereocenters. The second-order valence-corrected chi connectivity index (χ2v) is 3.46. The molecule has 0 spiro atoms. The number of allylic oxidation sites excluding steroid dienone is 2. The van der Waals surface area contributed by atoms with Crippen molar-refractivity contribution in [1.29, 1.82) is 0 Å². The summed E-state index contributed by atoms with van der Waals surface area (Å²) in [5.74, 6) is -2.51. The Balaban J connectivity index is 0.000000203.